The van der Waals surface area contributed by atoms with Gasteiger partial charge >= 0.3 is 0 Å². The molecule has 1 fully saturated rings. The van der Waals surface area contributed by atoms with Crippen LogP contribution < -0.4 is 10.2 Å². The van der Waals surface area contributed by atoms with Crippen LogP contribution in [0.4, 0.5) is 5.69 Å². The highest BCUT2D eigenvalue weighted by atomic mass is 16.5. The van der Waals surface area contributed by atoms with E-state index in [4.69, 9.17) is 9.47 Å². The third-order valence-corrected chi connectivity index (χ3v) is 4.70. The van der Waals surface area contributed by atoms with Crippen molar-refractivity contribution in [2.24, 2.45) is 0 Å². The Morgan fingerprint density at radius 2 is 2.28 bits per heavy atom. The van der Waals surface area contributed by atoms with Crippen molar-refractivity contribution in [1.82, 2.24) is 5.32 Å². The van der Waals surface area contributed by atoms with Crippen LogP contribution in [0.2, 0.25) is 0 Å². The van der Waals surface area contributed by atoms with Crippen LogP contribution in [0.5, 0.6) is 0 Å². The molecule has 1 aromatic rings. The molecule has 25 heavy (non-hydrogen) atoms. The number of hydrogen-bond acceptors (Lipinski definition) is 4. The number of nitrogens with one attached hydrogen (secondary N) is 1. The number of benzene rings is 1. The maximum absolute atomic E-state index is 12.2. The summed E-state index contributed by atoms with van der Waals surface area (Å²) < 4.78 is 11.1. The lowest BCUT2D eigenvalue weighted by Crippen LogP contribution is -2.26. The molecule has 6 heteroatoms. The Hall–Kier alpha value is -1.92. The van der Waals surface area contributed by atoms with Crippen LogP contribution >= 0.6 is 0 Å². The quantitative estimate of drug-likeness (QED) is 0.766. The molecular formula is C19H26N2O4. The topological polar surface area (TPSA) is 67.9 Å². The lowest BCUT2D eigenvalue weighted by Gasteiger charge is -2.14. The average molecular weight is 346 g/mol. The third kappa shape index (κ3) is 4.58. The SMILES string of the molecule is CC(=O)N1CCc2cc(C(=O)NCCCOCC3CCCO3)ccc21. The maximum atomic E-state index is 12.2. The summed E-state index contributed by atoms with van der Waals surface area (Å²) in [6, 6.07) is 5.54. The van der Waals surface area contributed by atoms with E-state index >= 15 is 0 Å². The monoisotopic (exact) mass is 346 g/mol. The van der Waals surface area contributed by atoms with E-state index in [0.29, 0.717) is 31.9 Å². The summed E-state index contributed by atoms with van der Waals surface area (Å²) >= 11 is 0. The number of hydrogen-bond donors (Lipinski definition) is 1. The Kier molecular flexibility index (Phi) is 6.04. The normalized spacial score (nSPS) is 19.1. The number of ether oxygens (including phenoxy) is 2. The zero-order chi connectivity index (χ0) is 17.6. The highest BCUT2D eigenvalue weighted by molar-refractivity contribution is 5.97. The molecule has 2 heterocycles. The van der Waals surface area contributed by atoms with Gasteiger partial charge < -0.3 is 19.7 Å². The van der Waals surface area contributed by atoms with Crippen molar-refractivity contribution in [1.29, 1.82) is 0 Å². The second kappa shape index (κ2) is 8.45. The van der Waals surface area contributed by atoms with Gasteiger partial charge in [0, 0.05) is 44.5 Å². The summed E-state index contributed by atoms with van der Waals surface area (Å²) in [5, 5.41) is 2.92. The predicted octanol–water partition coefficient (Wildman–Crippen LogP) is 1.91. The number of carbonyl (C=O) groups is 2. The van der Waals surface area contributed by atoms with Gasteiger partial charge in [-0.1, -0.05) is 0 Å². The van der Waals surface area contributed by atoms with Crippen molar-refractivity contribution < 1.29 is 19.1 Å². The van der Waals surface area contributed by atoms with E-state index < -0.39 is 0 Å². The first-order valence-electron chi connectivity index (χ1n) is 9.04. The molecule has 0 spiro atoms. The van der Waals surface area contributed by atoms with Gasteiger partial charge in [0.25, 0.3) is 5.91 Å². The van der Waals surface area contributed by atoms with Crippen LogP contribution in [-0.4, -0.2) is 50.8 Å². The summed E-state index contributed by atoms with van der Waals surface area (Å²) in [4.78, 5) is 25.6. The zero-order valence-corrected chi connectivity index (χ0v) is 14.8. The summed E-state index contributed by atoms with van der Waals surface area (Å²) in [7, 11) is 0. The molecule has 1 N–H and O–H groups in total. The first-order chi connectivity index (χ1) is 12.1. The Morgan fingerprint density at radius 1 is 1.40 bits per heavy atom. The molecule has 3 rings (SSSR count). The standard InChI is InChI=1S/C19H26N2O4/c1-14(22)21-9-7-15-12-16(5-6-18(15)21)19(23)20-8-3-10-24-13-17-4-2-11-25-17/h5-6,12,17H,2-4,7-11,13H2,1H3,(H,20,23). The van der Waals surface area contributed by atoms with Gasteiger partial charge in [-0.3, -0.25) is 9.59 Å². The fourth-order valence-corrected chi connectivity index (χ4v) is 3.34. The molecule has 0 aliphatic carbocycles. The molecule has 2 aliphatic heterocycles. The summed E-state index contributed by atoms with van der Waals surface area (Å²) in [5.74, 6) is -0.0397. The fraction of sp³-hybridized carbons (Fsp3) is 0.579. The van der Waals surface area contributed by atoms with Crippen molar-refractivity contribution in [2.45, 2.75) is 38.7 Å². The number of rotatable bonds is 7. The van der Waals surface area contributed by atoms with Crippen molar-refractivity contribution in [3.63, 3.8) is 0 Å². The molecule has 2 aliphatic rings. The molecule has 2 amide bonds. The van der Waals surface area contributed by atoms with Gasteiger partial charge in [0.2, 0.25) is 5.91 Å². The van der Waals surface area contributed by atoms with E-state index in [-0.39, 0.29) is 17.9 Å². The fourth-order valence-electron chi connectivity index (χ4n) is 3.34. The van der Waals surface area contributed by atoms with Gasteiger partial charge in [-0.2, -0.15) is 0 Å². The average Bonchev–Trinajstić information content (AvgIpc) is 3.26. The first kappa shape index (κ1) is 17.9. The van der Waals surface area contributed by atoms with Crippen LogP contribution in [-0.2, 0) is 20.7 Å². The lowest BCUT2D eigenvalue weighted by atomic mass is 10.1. The van der Waals surface area contributed by atoms with E-state index in [9.17, 15) is 9.59 Å². The Labute approximate surface area is 148 Å². The smallest absolute Gasteiger partial charge is 0.251 e. The highest BCUT2D eigenvalue weighted by Gasteiger charge is 2.23. The minimum absolute atomic E-state index is 0.0407. The molecule has 0 saturated carbocycles. The first-order valence-corrected chi connectivity index (χ1v) is 9.04. The van der Waals surface area contributed by atoms with Crippen LogP contribution in [0.15, 0.2) is 18.2 Å². The maximum Gasteiger partial charge on any atom is 0.251 e. The van der Waals surface area contributed by atoms with E-state index in [1.165, 1.54) is 0 Å². The molecule has 0 bridgehead atoms. The molecule has 0 aromatic heterocycles. The van der Waals surface area contributed by atoms with Crippen LogP contribution in [0, 0.1) is 0 Å². The second-order valence-corrected chi connectivity index (χ2v) is 6.58. The van der Waals surface area contributed by atoms with Crippen LogP contribution in [0.1, 0.15) is 42.1 Å². The molecule has 1 aromatic carbocycles. The summed E-state index contributed by atoms with van der Waals surface area (Å²) in [6.45, 7) is 4.95. The largest absolute Gasteiger partial charge is 0.379 e. The van der Waals surface area contributed by atoms with Crippen molar-refractivity contribution in [3.05, 3.63) is 29.3 Å². The van der Waals surface area contributed by atoms with E-state index in [1.54, 1.807) is 17.9 Å². The predicted molar refractivity (Wildman–Crippen MR) is 94.9 cm³/mol. The Morgan fingerprint density at radius 3 is 3.04 bits per heavy atom. The molecular weight excluding hydrogens is 320 g/mol. The van der Waals surface area contributed by atoms with E-state index in [2.05, 4.69) is 5.32 Å². The third-order valence-electron chi connectivity index (χ3n) is 4.70. The Balaban J connectivity index is 1.39. The molecule has 136 valence electrons. The van der Waals surface area contributed by atoms with Gasteiger partial charge in [-0.25, -0.2) is 0 Å². The van der Waals surface area contributed by atoms with Gasteiger partial charge in [0.1, 0.15) is 0 Å². The number of fused-ring (bicyclic) bond motifs is 1. The molecule has 1 atom stereocenters. The second-order valence-electron chi connectivity index (χ2n) is 6.58. The van der Waals surface area contributed by atoms with Crippen molar-refractivity contribution >= 4 is 17.5 Å². The molecule has 0 radical (unpaired) electrons. The number of anilines is 1. The van der Waals surface area contributed by atoms with E-state index in [1.807, 2.05) is 12.1 Å². The lowest BCUT2D eigenvalue weighted by molar-refractivity contribution is -0.116. The van der Waals surface area contributed by atoms with Crippen molar-refractivity contribution in [2.75, 3.05) is 37.8 Å². The minimum atomic E-state index is -0.0804. The van der Waals surface area contributed by atoms with Crippen LogP contribution in [0.25, 0.3) is 0 Å². The molecule has 1 saturated heterocycles. The Bertz CT molecular complexity index is 626. The minimum Gasteiger partial charge on any atom is -0.379 e. The van der Waals surface area contributed by atoms with Gasteiger partial charge in [-0.05, 0) is 49.4 Å². The van der Waals surface area contributed by atoms with Gasteiger partial charge in [0.05, 0.1) is 12.7 Å². The van der Waals surface area contributed by atoms with Crippen LogP contribution in [0.3, 0.4) is 0 Å². The van der Waals surface area contributed by atoms with Gasteiger partial charge in [0.15, 0.2) is 0 Å². The number of nitrogens with zero attached hydrogens (tertiary/aromatic N) is 1. The molecule has 6 nitrogen and oxygen atoms in total. The highest BCUT2D eigenvalue weighted by Crippen LogP contribution is 2.28. The number of amides is 2. The number of carbonyl (C=O) groups excluding carboxylic acids is 2. The van der Waals surface area contributed by atoms with E-state index in [0.717, 1.165) is 43.5 Å². The molecule has 1 unspecified atom stereocenters. The van der Waals surface area contributed by atoms with Gasteiger partial charge in [-0.15, -0.1) is 0 Å². The van der Waals surface area contributed by atoms with Crippen molar-refractivity contribution in [3.8, 4) is 0 Å². The summed E-state index contributed by atoms with van der Waals surface area (Å²) in [5.41, 5.74) is 2.62. The zero-order valence-electron chi connectivity index (χ0n) is 14.8. The summed E-state index contributed by atoms with van der Waals surface area (Å²) in [6.07, 6.45) is 4.02.